The van der Waals surface area contributed by atoms with E-state index >= 15 is 0 Å². The van der Waals surface area contributed by atoms with E-state index in [0.29, 0.717) is 5.92 Å². The fourth-order valence-corrected chi connectivity index (χ4v) is 1.87. The molecule has 0 aliphatic heterocycles. The molecule has 0 bridgehead atoms. The van der Waals surface area contributed by atoms with Gasteiger partial charge in [-0.25, -0.2) is 9.50 Å². The molecule has 4 nitrogen and oxygen atoms in total. The highest BCUT2D eigenvalue weighted by Gasteiger charge is 2.22. The number of hydrogen-bond donors (Lipinski definition) is 1. The molecule has 0 saturated heterocycles. The molecule has 2 aromatic heterocycles. The fraction of sp³-hybridized carbons (Fsp3) is 0.500. The Labute approximate surface area is 94.9 Å². The molecular weight excluding hydrogens is 202 g/mol. The van der Waals surface area contributed by atoms with Crippen molar-refractivity contribution in [2.24, 2.45) is 0 Å². The lowest BCUT2D eigenvalue weighted by atomic mass is 9.89. The van der Waals surface area contributed by atoms with Crippen LogP contribution < -0.4 is 0 Å². The van der Waals surface area contributed by atoms with Gasteiger partial charge in [0.2, 0.25) is 0 Å². The van der Waals surface area contributed by atoms with E-state index in [-0.39, 0.29) is 0 Å². The summed E-state index contributed by atoms with van der Waals surface area (Å²) in [6.07, 6.45) is 3.47. The van der Waals surface area contributed by atoms with Crippen molar-refractivity contribution in [1.82, 2.24) is 14.6 Å². The quantitative estimate of drug-likeness (QED) is 0.841. The Morgan fingerprint density at radius 3 is 2.62 bits per heavy atom. The molecule has 0 fully saturated rings. The van der Waals surface area contributed by atoms with Crippen LogP contribution in [-0.4, -0.2) is 19.7 Å². The molecule has 0 spiro atoms. The molecule has 0 atom stereocenters. The number of aliphatic hydroxyl groups is 1. The van der Waals surface area contributed by atoms with Crippen molar-refractivity contribution in [3.63, 3.8) is 0 Å². The van der Waals surface area contributed by atoms with Crippen LogP contribution in [0.15, 0.2) is 18.6 Å². The first kappa shape index (κ1) is 11.1. The molecule has 0 radical (unpaired) electrons. The van der Waals surface area contributed by atoms with Gasteiger partial charge in [-0.3, -0.25) is 0 Å². The van der Waals surface area contributed by atoms with Crippen molar-refractivity contribution in [2.75, 3.05) is 0 Å². The minimum Gasteiger partial charge on any atom is -0.386 e. The number of pyridine rings is 1. The topological polar surface area (TPSA) is 50.4 Å². The van der Waals surface area contributed by atoms with Crippen LogP contribution in [0, 0.1) is 0 Å². The van der Waals surface area contributed by atoms with E-state index in [2.05, 4.69) is 23.9 Å². The molecule has 0 aliphatic carbocycles. The average Bonchev–Trinajstić information content (AvgIpc) is 2.60. The summed E-state index contributed by atoms with van der Waals surface area (Å²) in [4.78, 5) is 4.13. The van der Waals surface area contributed by atoms with Crippen molar-refractivity contribution in [3.8, 4) is 0 Å². The van der Waals surface area contributed by atoms with Gasteiger partial charge in [0.25, 0.3) is 0 Å². The first-order chi connectivity index (χ1) is 7.39. The molecule has 0 unspecified atom stereocenters. The number of fused-ring (bicyclic) bond motifs is 1. The Morgan fingerprint density at radius 1 is 1.38 bits per heavy atom. The summed E-state index contributed by atoms with van der Waals surface area (Å²) in [6.45, 7) is 7.79. The molecule has 0 amide bonds. The molecule has 0 aromatic carbocycles. The van der Waals surface area contributed by atoms with Gasteiger partial charge >= 0.3 is 0 Å². The Balaban J connectivity index is 2.72. The maximum absolute atomic E-state index is 10.2. The number of nitrogens with zero attached hydrogens (tertiary/aromatic N) is 3. The lowest BCUT2D eigenvalue weighted by Gasteiger charge is -2.23. The molecule has 0 saturated carbocycles. The summed E-state index contributed by atoms with van der Waals surface area (Å²) < 4.78 is 1.74. The van der Waals surface area contributed by atoms with Crippen LogP contribution >= 0.6 is 0 Å². The molecular formula is C12H17N3O. The number of hydrogen-bond acceptors (Lipinski definition) is 3. The lowest BCUT2D eigenvalue weighted by Crippen LogP contribution is -2.19. The van der Waals surface area contributed by atoms with Crippen LogP contribution in [0.2, 0.25) is 0 Å². The summed E-state index contributed by atoms with van der Waals surface area (Å²) in [6, 6.07) is 1.91. The zero-order valence-corrected chi connectivity index (χ0v) is 10.1. The largest absolute Gasteiger partial charge is 0.386 e. The van der Waals surface area contributed by atoms with Gasteiger partial charge in [-0.05, 0) is 37.0 Å². The van der Waals surface area contributed by atoms with E-state index in [4.69, 9.17) is 0 Å². The Morgan fingerprint density at radius 2 is 2.06 bits per heavy atom. The fourth-order valence-electron chi connectivity index (χ4n) is 1.87. The minimum atomic E-state index is -0.854. The molecule has 4 heteroatoms. The highest BCUT2D eigenvalue weighted by molar-refractivity contribution is 5.46. The van der Waals surface area contributed by atoms with Crippen LogP contribution in [0.25, 0.3) is 5.65 Å². The van der Waals surface area contributed by atoms with E-state index in [1.807, 2.05) is 12.3 Å². The maximum Gasteiger partial charge on any atom is 0.155 e. The van der Waals surface area contributed by atoms with E-state index < -0.39 is 5.60 Å². The standard InChI is InChI=1S/C12H17N3O/c1-8(2)9-6-15-11(13-7-14-15)5-10(9)12(3,4)16/h5-8,16H,1-4H3. The third-order valence-electron chi connectivity index (χ3n) is 2.73. The molecule has 0 aliphatic rings. The summed E-state index contributed by atoms with van der Waals surface area (Å²) in [5.41, 5.74) is 1.93. The smallest absolute Gasteiger partial charge is 0.155 e. The second-order valence-corrected chi connectivity index (χ2v) is 4.92. The summed E-state index contributed by atoms with van der Waals surface area (Å²) in [5, 5.41) is 14.3. The van der Waals surface area contributed by atoms with Gasteiger partial charge in [-0.15, -0.1) is 0 Å². The van der Waals surface area contributed by atoms with E-state index in [1.165, 1.54) is 6.33 Å². The predicted octanol–water partition coefficient (Wildman–Crippen LogP) is 2.08. The van der Waals surface area contributed by atoms with Gasteiger partial charge in [0.15, 0.2) is 5.65 Å². The zero-order chi connectivity index (χ0) is 11.9. The van der Waals surface area contributed by atoms with Gasteiger partial charge in [0, 0.05) is 6.20 Å². The van der Waals surface area contributed by atoms with Crippen molar-refractivity contribution in [3.05, 3.63) is 29.7 Å². The van der Waals surface area contributed by atoms with Crippen molar-refractivity contribution < 1.29 is 5.11 Å². The Bertz CT molecular complexity index is 508. The van der Waals surface area contributed by atoms with Crippen LogP contribution in [0.4, 0.5) is 0 Å². The number of rotatable bonds is 2. The van der Waals surface area contributed by atoms with E-state index in [0.717, 1.165) is 16.8 Å². The first-order valence-electron chi connectivity index (χ1n) is 5.45. The SMILES string of the molecule is CC(C)c1cn2ncnc2cc1C(C)(C)O. The highest BCUT2D eigenvalue weighted by Crippen LogP contribution is 2.29. The van der Waals surface area contributed by atoms with Crippen LogP contribution in [-0.2, 0) is 5.60 Å². The maximum atomic E-state index is 10.2. The molecule has 2 rings (SSSR count). The second kappa shape index (κ2) is 3.56. The van der Waals surface area contributed by atoms with E-state index in [1.54, 1.807) is 18.4 Å². The normalized spacial score (nSPS) is 12.6. The molecule has 2 aromatic rings. The van der Waals surface area contributed by atoms with Gasteiger partial charge in [-0.2, -0.15) is 5.10 Å². The van der Waals surface area contributed by atoms with Gasteiger partial charge in [0.1, 0.15) is 6.33 Å². The molecule has 16 heavy (non-hydrogen) atoms. The second-order valence-electron chi connectivity index (χ2n) is 4.92. The van der Waals surface area contributed by atoms with Crippen LogP contribution in [0.1, 0.15) is 44.7 Å². The number of aromatic nitrogens is 3. The van der Waals surface area contributed by atoms with Gasteiger partial charge in [0.05, 0.1) is 5.60 Å². The summed E-state index contributed by atoms with van der Waals surface area (Å²) in [7, 11) is 0. The van der Waals surface area contributed by atoms with Crippen LogP contribution in [0.3, 0.4) is 0 Å². The predicted molar refractivity (Wildman–Crippen MR) is 62.3 cm³/mol. The van der Waals surface area contributed by atoms with Gasteiger partial charge in [-0.1, -0.05) is 13.8 Å². The lowest BCUT2D eigenvalue weighted by molar-refractivity contribution is 0.0773. The summed E-state index contributed by atoms with van der Waals surface area (Å²) >= 11 is 0. The van der Waals surface area contributed by atoms with Crippen LogP contribution in [0.5, 0.6) is 0 Å². The van der Waals surface area contributed by atoms with Crippen molar-refractivity contribution in [2.45, 2.75) is 39.2 Å². The zero-order valence-electron chi connectivity index (χ0n) is 10.1. The third-order valence-corrected chi connectivity index (χ3v) is 2.73. The molecule has 1 N–H and O–H groups in total. The van der Waals surface area contributed by atoms with E-state index in [9.17, 15) is 5.11 Å². The first-order valence-corrected chi connectivity index (χ1v) is 5.45. The average molecular weight is 219 g/mol. The Hall–Kier alpha value is -1.42. The highest BCUT2D eigenvalue weighted by atomic mass is 16.3. The Kier molecular flexibility index (Phi) is 2.46. The van der Waals surface area contributed by atoms with Crippen molar-refractivity contribution in [1.29, 1.82) is 0 Å². The van der Waals surface area contributed by atoms with Crippen molar-refractivity contribution >= 4 is 5.65 Å². The van der Waals surface area contributed by atoms with Gasteiger partial charge < -0.3 is 5.11 Å². The minimum absolute atomic E-state index is 0.343. The molecule has 2 heterocycles. The summed E-state index contributed by atoms with van der Waals surface area (Å²) in [5.74, 6) is 0.343. The molecule has 86 valence electrons. The monoisotopic (exact) mass is 219 g/mol. The third kappa shape index (κ3) is 1.80.